The number of nitrogens with zero attached hydrogens (tertiary/aromatic N) is 1. The molecule has 0 aromatic heterocycles. The molecule has 2 N–H and O–H groups in total. The molecule has 102 valence electrons. The lowest BCUT2D eigenvalue weighted by Gasteiger charge is -2.30. The van der Waals surface area contributed by atoms with Crippen molar-refractivity contribution in [1.82, 2.24) is 4.90 Å². The molecule has 0 bridgehead atoms. The molecular weight excluding hydrogens is 328 g/mol. The Kier molecular flexibility index (Phi) is 4.52. The molecule has 1 heterocycles. The molecule has 0 atom stereocenters. The second-order valence-corrected chi connectivity index (χ2v) is 6.00. The second kappa shape index (κ2) is 5.96. The van der Waals surface area contributed by atoms with Crippen LogP contribution in [-0.4, -0.2) is 29.8 Å². The van der Waals surface area contributed by atoms with Crippen LogP contribution in [0.3, 0.4) is 0 Å². The number of hydrogen-bond acceptors (Lipinski definition) is 3. The minimum Gasteiger partial charge on any atom is -0.369 e. The van der Waals surface area contributed by atoms with Gasteiger partial charge in [0.15, 0.2) is 0 Å². The first-order valence-electron chi connectivity index (χ1n) is 6.06. The van der Waals surface area contributed by atoms with Gasteiger partial charge in [-0.15, -0.1) is 12.6 Å². The standard InChI is InChI=1S/C13H15BrN2O2S/c14-11-2-1-9(19)7-10(11)13(18)16-5-3-8(4-6-16)12(15)17/h1-2,7-8,19H,3-6H2,(H2,15,17). The smallest absolute Gasteiger partial charge is 0.255 e. The molecule has 19 heavy (non-hydrogen) atoms. The summed E-state index contributed by atoms with van der Waals surface area (Å²) in [5.74, 6) is -0.417. The Morgan fingerprint density at radius 2 is 1.95 bits per heavy atom. The van der Waals surface area contributed by atoms with Gasteiger partial charge < -0.3 is 10.6 Å². The number of hydrogen-bond donors (Lipinski definition) is 2. The maximum atomic E-state index is 12.4. The van der Waals surface area contributed by atoms with Crippen molar-refractivity contribution in [3.63, 3.8) is 0 Å². The highest BCUT2D eigenvalue weighted by Gasteiger charge is 2.27. The summed E-state index contributed by atoms with van der Waals surface area (Å²) in [5.41, 5.74) is 5.89. The number of nitrogens with two attached hydrogens (primary N) is 1. The number of carbonyl (C=O) groups is 2. The van der Waals surface area contributed by atoms with Gasteiger partial charge in [0.2, 0.25) is 5.91 Å². The van der Waals surface area contributed by atoms with Crippen LogP contribution in [0.25, 0.3) is 0 Å². The largest absolute Gasteiger partial charge is 0.369 e. The fraction of sp³-hybridized carbons (Fsp3) is 0.385. The number of thiol groups is 1. The van der Waals surface area contributed by atoms with Gasteiger partial charge in [0, 0.05) is 28.4 Å². The van der Waals surface area contributed by atoms with E-state index in [0.29, 0.717) is 31.5 Å². The summed E-state index contributed by atoms with van der Waals surface area (Å²) >= 11 is 7.63. The number of primary amides is 1. The van der Waals surface area contributed by atoms with Crippen LogP contribution in [0.5, 0.6) is 0 Å². The molecule has 1 aromatic rings. The van der Waals surface area contributed by atoms with Gasteiger partial charge in [0.25, 0.3) is 5.91 Å². The van der Waals surface area contributed by atoms with E-state index in [-0.39, 0.29) is 17.7 Å². The van der Waals surface area contributed by atoms with Crippen LogP contribution in [0, 0.1) is 5.92 Å². The van der Waals surface area contributed by atoms with Crippen molar-refractivity contribution in [1.29, 1.82) is 0 Å². The Balaban J connectivity index is 2.09. The van der Waals surface area contributed by atoms with Gasteiger partial charge in [-0.05, 0) is 47.0 Å². The van der Waals surface area contributed by atoms with E-state index in [0.717, 1.165) is 9.37 Å². The third-order valence-corrected chi connectivity index (χ3v) is 4.33. The van der Waals surface area contributed by atoms with Gasteiger partial charge in [0.05, 0.1) is 5.56 Å². The highest BCUT2D eigenvalue weighted by molar-refractivity contribution is 9.10. The Labute approximate surface area is 125 Å². The van der Waals surface area contributed by atoms with Crippen molar-refractivity contribution in [2.75, 3.05) is 13.1 Å². The first-order valence-corrected chi connectivity index (χ1v) is 7.30. The van der Waals surface area contributed by atoms with Crippen LogP contribution in [0.15, 0.2) is 27.6 Å². The molecule has 0 saturated carbocycles. The molecule has 1 saturated heterocycles. The molecule has 0 radical (unpaired) electrons. The van der Waals surface area contributed by atoms with E-state index >= 15 is 0 Å². The van der Waals surface area contributed by atoms with Crippen molar-refractivity contribution in [3.8, 4) is 0 Å². The fourth-order valence-electron chi connectivity index (χ4n) is 2.21. The van der Waals surface area contributed by atoms with Crippen LogP contribution in [-0.2, 0) is 4.79 Å². The predicted octanol–water partition coefficient (Wildman–Crippen LogP) is 2.08. The monoisotopic (exact) mass is 342 g/mol. The normalized spacial score (nSPS) is 16.4. The summed E-state index contributed by atoms with van der Waals surface area (Å²) in [6.07, 6.45) is 1.28. The minimum atomic E-state index is -0.273. The zero-order valence-corrected chi connectivity index (χ0v) is 12.8. The average Bonchev–Trinajstić information content (AvgIpc) is 2.41. The van der Waals surface area contributed by atoms with Crippen molar-refractivity contribution in [2.45, 2.75) is 17.7 Å². The quantitative estimate of drug-likeness (QED) is 0.808. The van der Waals surface area contributed by atoms with Gasteiger partial charge in [-0.25, -0.2) is 0 Å². The van der Waals surface area contributed by atoms with Crippen LogP contribution in [0.1, 0.15) is 23.2 Å². The lowest BCUT2D eigenvalue weighted by molar-refractivity contribution is -0.123. The fourth-order valence-corrected chi connectivity index (χ4v) is 2.83. The molecule has 1 fully saturated rings. The Morgan fingerprint density at radius 1 is 1.32 bits per heavy atom. The van der Waals surface area contributed by atoms with Gasteiger partial charge in [0.1, 0.15) is 0 Å². The highest BCUT2D eigenvalue weighted by atomic mass is 79.9. The van der Waals surface area contributed by atoms with Crippen molar-refractivity contribution < 1.29 is 9.59 Å². The summed E-state index contributed by atoms with van der Waals surface area (Å²) < 4.78 is 0.757. The number of likely N-dealkylation sites (tertiary alicyclic amines) is 1. The molecule has 4 nitrogen and oxygen atoms in total. The predicted molar refractivity (Wildman–Crippen MR) is 79.2 cm³/mol. The van der Waals surface area contributed by atoms with Gasteiger partial charge >= 0.3 is 0 Å². The van der Waals surface area contributed by atoms with E-state index in [1.807, 2.05) is 12.1 Å². The topological polar surface area (TPSA) is 63.4 Å². The molecule has 0 unspecified atom stereocenters. The van der Waals surface area contributed by atoms with Crippen molar-refractivity contribution >= 4 is 40.4 Å². The number of piperidine rings is 1. The lowest BCUT2D eigenvalue weighted by atomic mass is 9.96. The Hall–Kier alpha value is -1.01. The SMILES string of the molecule is NC(=O)C1CCN(C(=O)c2cc(S)ccc2Br)CC1. The minimum absolute atomic E-state index is 0.0364. The van der Waals surface area contributed by atoms with Gasteiger partial charge in [-0.2, -0.15) is 0 Å². The van der Waals surface area contributed by atoms with E-state index in [1.54, 1.807) is 11.0 Å². The van der Waals surface area contributed by atoms with Crippen molar-refractivity contribution in [3.05, 3.63) is 28.2 Å². The van der Waals surface area contributed by atoms with Crippen LogP contribution < -0.4 is 5.73 Å². The van der Waals surface area contributed by atoms with Gasteiger partial charge in [-0.1, -0.05) is 0 Å². The number of amides is 2. The van der Waals surface area contributed by atoms with E-state index in [9.17, 15) is 9.59 Å². The molecule has 1 aliphatic heterocycles. The Morgan fingerprint density at radius 3 is 2.53 bits per heavy atom. The molecule has 2 rings (SSSR count). The summed E-state index contributed by atoms with van der Waals surface area (Å²) in [6.45, 7) is 1.13. The van der Waals surface area contributed by atoms with Gasteiger partial charge in [-0.3, -0.25) is 9.59 Å². The van der Waals surface area contributed by atoms with E-state index < -0.39 is 0 Å². The molecular formula is C13H15BrN2O2S. The molecule has 0 aliphatic carbocycles. The number of carbonyl (C=O) groups excluding carboxylic acids is 2. The number of rotatable bonds is 2. The summed E-state index contributed by atoms with van der Waals surface area (Å²) in [7, 11) is 0. The molecule has 6 heteroatoms. The first-order chi connectivity index (χ1) is 8.99. The van der Waals surface area contributed by atoms with Crippen LogP contribution >= 0.6 is 28.6 Å². The number of halogens is 1. The summed E-state index contributed by atoms with van der Waals surface area (Å²) in [6, 6.07) is 5.38. The van der Waals surface area contributed by atoms with Crippen LogP contribution in [0.2, 0.25) is 0 Å². The zero-order chi connectivity index (χ0) is 14.0. The third kappa shape index (κ3) is 3.30. The zero-order valence-electron chi connectivity index (χ0n) is 10.3. The van der Waals surface area contributed by atoms with E-state index in [2.05, 4.69) is 28.6 Å². The maximum Gasteiger partial charge on any atom is 0.255 e. The summed E-state index contributed by atoms with van der Waals surface area (Å²) in [4.78, 5) is 26.0. The third-order valence-electron chi connectivity index (χ3n) is 3.36. The maximum absolute atomic E-state index is 12.4. The van der Waals surface area contributed by atoms with E-state index in [1.165, 1.54) is 0 Å². The summed E-state index contributed by atoms with van der Waals surface area (Å²) in [5, 5.41) is 0. The molecule has 0 spiro atoms. The van der Waals surface area contributed by atoms with E-state index in [4.69, 9.17) is 5.73 Å². The Bertz CT molecular complexity index is 513. The molecule has 2 amide bonds. The number of benzene rings is 1. The highest BCUT2D eigenvalue weighted by Crippen LogP contribution is 2.24. The van der Waals surface area contributed by atoms with Crippen molar-refractivity contribution in [2.24, 2.45) is 11.7 Å². The molecule has 1 aromatic carbocycles. The molecule has 1 aliphatic rings. The lowest BCUT2D eigenvalue weighted by Crippen LogP contribution is -2.41. The van der Waals surface area contributed by atoms with Crippen LogP contribution in [0.4, 0.5) is 0 Å². The second-order valence-electron chi connectivity index (χ2n) is 4.63. The average molecular weight is 343 g/mol. The first kappa shape index (κ1) is 14.4.